The third-order valence-electron chi connectivity index (χ3n) is 4.05. The van der Waals surface area contributed by atoms with E-state index in [-0.39, 0.29) is 6.04 Å². The molecule has 0 aliphatic carbocycles. The summed E-state index contributed by atoms with van der Waals surface area (Å²) in [5.74, 6) is 0.443. The number of hydrogen-bond donors (Lipinski definition) is 1. The second kappa shape index (κ2) is 6.24. The first kappa shape index (κ1) is 15.5. The minimum absolute atomic E-state index is 0.144. The van der Waals surface area contributed by atoms with E-state index in [2.05, 4.69) is 12.2 Å². The van der Waals surface area contributed by atoms with E-state index in [1.54, 1.807) is 16.4 Å². The molecule has 0 radical (unpaired) electrons. The van der Waals surface area contributed by atoms with Crippen LogP contribution >= 0.6 is 0 Å². The molecule has 0 saturated carbocycles. The van der Waals surface area contributed by atoms with Gasteiger partial charge in [-0.15, -0.1) is 0 Å². The highest BCUT2D eigenvalue weighted by atomic mass is 32.2. The maximum Gasteiger partial charge on any atom is 0.243 e. The van der Waals surface area contributed by atoms with Crippen molar-refractivity contribution in [3.63, 3.8) is 0 Å². The highest BCUT2D eigenvalue weighted by Crippen LogP contribution is 2.25. The van der Waals surface area contributed by atoms with Gasteiger partial charge in [0.05, 0.1) is 4.90 Å². The van der Waals surface area contributed by atoms with E-state index in [0.717, 1.165) is 18.4 Å². The summed E-state index contributed by atoms with van der Waals surface area (Å²) in [5.41, 5.74) is 0.999. The lowest BCUT2D eigenvalue weighted by Crippen LogP contribution is -2.39. The number of hydrogen-bond acceptors (Lipinski definition) is 3. The van der Waals surface area contributed by atoms with Gasteiger partial charge in [0.1, 0.15) is 0 Å². The maximum atomic E-state index is 12.7. The Morgan fingerprint density at radius 3 is 2.80 bits per heavy atom. The standard InChI is InChI=1S/C15H24N2O2S/c1-12-6-5-9-17(11-12)20(18,19)15-8-4-7-14(10-15)13(2)16-3/h4,7-8,10,12-13,16H,5-6,9,11H2,1-3H3. The van der Waals surface area contributed by atoms with Crippen molar-refractivity contribution in [1.82, 2.24) is 9.62 Å². The SMILES string of the molecule is CNC(C)c1cccc(S(=O)(=O)N2CCCC(C)C2)c1. The molecule has 1 N–H and O–H groups in total. The first-order chi connectivity index (χ1) is 9.45. The predicted octanol–water partition coefficient (Wildman–Crippen LogP) is 2.39. The Balaban J connectivity index is 2.29. The number of nitrogens with one attached hydrogen (secondary N) is 1. The van der Waals surface area contributed by atoms with Crippen molar-refractivity contribution < 1.29 is 8.42 Å². The molecule has 2 rings (SSSR count). The summed E-state index contributed by atoms with van der Waals surface area (Å²) < 4.78 is 27.0. The molecule has 1 heterocycles. The van der Waals surface area contributed by atoms with E-state index in [1.807, 2.05) is 26.1 Å². The fourth-order valence-corrected chi connectivity index (χ4v) is 4.28. The Morgan fingerprint density at radius 2 is 2.15 bits per heavy atom. The van der Waals surface area contributed by atoms with E-state index >= 15 is 0 Å². The van der Waals surface area contributed by atoms with Crippen LogP contribution in [0, 0.1) is 5.92 Å². The molecule has 1 aromatic carbocycles. The van der Waals surface area contributed by atoms with Crippen LogP contribution in [0.1, 0.15) is 38.3 Å². The highest BCUT2D eigenvalue weighted by Gasteiger charge is 2.28. The molecule has 1 fully saturated rings. The van der Waals surface area contributed by atoms with Crippen LogP contribution in [-0.4, -0.2) is 32.9 Å². The van der Waals surface area contributed by atoms with Gasteiger partial charge in [-0.1, -0.05) is 19.1 Å². The Morgan fingerprint density at radius 1 is 1.40 bits per heavy atom. The molecule has 112 valence electrons. The first-order valence-electron chi connectivity index (χ1n) is 7.22. The normalized spacial score (nSPS) is 22.6. The molecular formula is C15H24N2O2S. The summed E-state index contributed by atoms with van der Waals surface area (Å²) in [6.45, 7) is 5.41. The van der Waals surface area contributed by atoms with Crippen molar-refractivity contribution >= 4 is 10.0 Å². The van der Waals surface area contributed by atoms with E-state index in [1.165, 1.54) is 0 Å². The lowest BCUT2D eigenvalue weighted by atomic mass is 10.0. The van der Waals surface area contributed by atoms with Crippen LogP contribution in [0.25, 0.3) is 0 Å². The van der Waals surface area contributed by atoms with E-state index in [9.17, 15) is 8.42 Å². The van der Waals surface area contributed by atoms with Crippen LogP contribution in [-0.2, 0) is 10.0 Å². The van der Waals surface area contributed by atoms with E-state index in [0.29, 0.717) is 23.9 Å². The van der Waals surface area contributed by atoms with Crippen molar-refractivity contribution in [2.45, 2.75) is 37.6 Å². The molecule has 0 amide bonds. The average Bonchev–Trinajstić information content (AvgIpc) is 2.46. The van der Waals surface area contributed by atoms with Crippen LogP contribution in [0.15, 0.2) is 29.2 Å². The van der Waals surface area contributed by atoms with Crippen LogP contribution in [0.3, 0.4) is 0 Å². The van der Waals surface area contributed by atoms with Gasteiger partial charge in [-0.3, -0.25) is 0 Å². The van der Waals surface area contributed by atoms with Crippen LogP contribution < -0.4 is 5.32 Å². The van der Waals surface area contributed by atoms with Crippen molar-refractivity contribution in [1.29, 1.82) is 0 Å². The fraction of sp³-hybridized carbons (Fsp3) is 0.600. The molecule has 0 aromatic heterocycles. The van der Waals surface area contributed by atoms with Crippen LogP contribution in [0.2, 0.25) is 0 Å². The van der Waals surface area contributed by atoms with Gasteiger partial charge in [0.2, 0.25) is 10.0 Å². The largest absolute Gasteiger partial charge is 0.313 e. The van der Waals surface area contributed by atoms with Gasteiger partial charge in [-0.05, 0) is 50.4 Å². The predicted molar refractivity (Wildman–Crippen MR) is 81.1 cm³/mol. The second-order valence-electron chi connectivity index (χ2n) is 5.69. The van der Waals surface area contributed by atoms with Crippen LogP contribution in [0.4, 0.5) is 0 Å². The summed E-state index contributed by atoms with van der Waals surface area (Å²) in [7, 11) is -1.48. The molecule has 1 saturated heterocycles. The molecule has 2 unspecified atom stereocenters. The van der Waals surface area contributed by atoms with E-state index < -0.39 is 10.0 Å². The zero-order valence-electron chi connectivity index (χ0n) is 12.5. The number of benzene rings is 1. The molecular weight excluding hydrogens is 272 g/mol. The summed E-state index contributed by atoms with van der Waals surface area (Å²) in [6.07, 6.45) is 2.07. The number of rotatable bonds is 4. The molecule has 20 heavy (non-hydrogen) atoms. The smallest absolute Gasteiger partial charge is 0.243 e. The van der Waals surface area contributed by atoms with E-state index in [4.69, 9.17) is 0 Å². The van der Waals surface area contributed by atoms with Gasteiger partial charge in [0.15, 0.2) is 0 Å². The van der Waals surface area contributed by atoms with Gasteiger partial charge in [0.25, 0.3) is 0 Å². The molecule has 5 heteroatoms. The molecule has 1 aliphatic heterocycles. The minimum Gasteiger partial charge on any atom is -0.313 e. The third kappa shape index (κ3) is 3.22. The number of nitrogens with zero attached hydrogens (tertiary/aromatic N) is 1. The summed E-state index contributed by atoms with van der Waals surface area (Å²) in [4.78, 5) is 0.409. The number of piperidine rings is 1. The van der Waals surface area contributed by atoms with Gasteiger partial charge in [-0.2, -0.15) is 4.31 Å². The highest BCUT2D eigenvalue weighted by molar-refractivity contribution is 7.89. The molecule has 0 bridgehead atoms. The molecule has 1 aliphatic rings. The lowest BCUT2D eigenvalue weighted by molar-refractivity contribution is 0.281. The quantitative estimate of drug-likeness (QED) is 0.928. The second-order valence-corrected chi connectivity index (χ2v) is 7.63. The zero-order valence-corrected chi connectivity index (χ0v) is 13.3. The first-order valence-corrected chi connectivity index (χ1v) is 8.66. The van der Waals surface area contributed by atoms with Gasteiger partial charge in [-0.25, -0.2) is 8.42 Å². The summed E-state index contributed by atoms with van der Waals surface area (Å²) >= 11 is 0. The number of sulfonamides is 1. The molecule has 0 spiro atoms. The molecule has 1 aromatic rings. The average molecular weight is 296 g/mol. The Kier molecular flexibility index (Phi) is 4.83. The molecule has 2 atom stereocenters. The summed E-state index contributed by atoms with van der Waals surface area (Å²) in [6, 6.07) is 7.41. The third-order valence-corrected chi connectivity index (χ3v) is 5.91. The summed E-state index contributed by atoms with van der Waals surface area (Å²) in [5, 5.41) is 3.14. The van der Waals surface area contributed by atoms with Crippen molar-refractivity contribution in [2.24, 2.45) is 5.92 Å². The van der Waals surface area contributed by atoms with Crippen LogP contribution in [0.5, 0.6) is 0 Å². The topological polar surface area (TPSA) is 49.4 Å². The van der Waals surface area contributed by atoms with Gasteiger partial charge in [0, 0.05) is 19.1 Å². The monoisotopic (exact) mass is 296 g/mol. The zero-order chi connectivity index (χ0) is 14.8. The van der Waals surface area contributed by atoms with Crippen molar-refractivity contribution in [3.05, 3.63) is 29.8 Å². The lowest BCUT2D eigenvalue weighted by Gasteiger charge is -2.30. The van der Waals surface area contributed by atoms with Gasteiger partial charge < -0.3 is 5.32 Å². The fourth-order valence-electron chi connectivity index (χ4n) is 2.62. The maximum absolute atomic E-state index is 12.7. The Hall–Kier alpha value is -0.910. The Bertz CT molecular complexity index is 557. The minimum atomic E-state index is -3.35. The van der Waals surface area contributed by atoms with Gasteiger partial charge >= 0.3 is 0 Å². The van der Waals surface area contributed by atoms with Crippen molar-refractivity contribution in [2.75, 3.05) is 20.1 Å². The Labute approximate surface area is 122 Å². The van der Waals surface area contributed by atoms with Crippen molar-refractivity contribution in [3.8, 4) is 0 Å². The molecule has 4 nitrogen and oxygen atoms in total.